The molecular formula is C28H33ClO12. The second-order valence-electron chi connectivity index (χ2n) is 11.5. The molecular weight excluding hydrogens is 564 g/mol. The van der Waals surface area contributed by atoms with Crippen molar-refractivity contribution in [2.24, 2.45) is 29.1 Å². The van der Waals surface area contributed by atoms with Gasteiger partial charge in [-0.3, -0.25) is 24.0 Å². The van der Waals surface area contributed by atoms with Crippen LogP contribution < -0.4 is 0 Å². The smallest absolute Gasteiger partial charge is 0.344 e. The highest BCUT2D eigenvalue weighted by Crippen LogP contribution is 2.75. The Kier molecular flexibility index (Phi) is 7.66. The predicted molar refractivity (Wildman–Crippen MR) is 138 cm³/mol. The van der Waals surface area contributed by atoms with Crippen molar-refractivity contribution in [3.63, 3.8) is 0 Å². The SMILES string of the molecule is C=C1[C@@H](OC(C)=O)/C=C/[C@H]2[C@H]3C(=O)[C@@](C)(OC(C)=O)[C@H]([C@@H](OC(=O)COC(C)=O)[C@]4(O)[C@@H](C)C(=O)O[C@H]4[C@@H]1Cl)[C@]32C. The van der Waals surface area contributed by atoms with Crippen molar-refractivity contribution < 1.29 is 57.6 Å². The molecule has 0 spiro atoms. The fraction of sp³-hybridized carbons (Fsp3) is 0.643. The fourth-order valence-electron chi connectivity index (χ4n) is 7.03. The Hall–Kier alpha value is -3.25. The molecule has 1 saturated heterocycles. The normalized spacial score (nSPS) is 43.5. The lowest BCUT2D eigenvalue weighted by Crippen LogP contribution is -2.65. The van der Waals surface area contributed by atoms with Gasteiger partial charge < -0.3 is 28.8 Å². The first kappa shape index (κ1) is 30.7. The number of ketones is 1. The van der Waals surface area contributed by atoms with E-state index in [1.807, 2.05) is 0 Å². The Morgan fingerprint density at radius 2 is 1.68 bits per heavy atom. The van der Waals surface area contributed by atoms with Gasteiger partial charge in [0.1, 0.15) is 12.2 Å². The minimum absolute atomic E-state index is 0.0547. The third kappa shape index (κ3) is 4.64. The Morgan fingerprint density at radius 3 is 2.24 bits per heavy atom. The van der Waals surface area contributed by atoms with Crippen LogP contribution in [-0.4, -0.2) is 82.2 Å². The van der Waals surface area contributed by atoms with Crippen LogP contribution in [-0.2, 0) is 52.5 Å². The number of aliphatic hydroxyl groups is 1. The minimum atomic E-state index is -2.42. The quantitative estimate of drug-likeness (QED) is 0.208. The second-order valence-corrected chi connectivity index (χ2v) is 11.9. The summed E-state index contributed by atoms with van der Waals surface area (Å²) in [6.45, 7) is 10.9. The number of allylic oxidation sites excluding steroid dienone is 1. The van der Waals surface area contributed by atoms with E-state index >= 15 is 0 Å². The van der Waals surface area contributed by atoms with Crippen LogP contribution in [0.4, 0.5) is 0 Å². The zero-order valence-corrected chi connectivity index (χ0v) is 24.3. The molecule has 0 bridgehead atoms. The molecule has 0 radical (unpaired) electrons. The standard InChI is InChI=1S/C28H33ClO12/c1-11-17(38-14(4)31)9-8-16-19-22(34)27(7,41-15(5)32)21(26(16,19)6)24(39-18(33)10-37-13(3)30)28(36)12(2)25(35)40-23(28)20(11)29/h8-9,12,16-17,19-21,23-24,36H,1,10H2,2-7H3/b9-8+/t12-,16-,17-,19-,20+,21+,23-,24+,26-,27-,28-/m0/s1. The maximum atomic E-state index is 13.9. The van der Waals surface area contributed by atoms with Crippen LogP contribution in [0.5, 0.6) is 0 Å². The Bertz CT molecular complexity index is 1260. The van der Waals surface area contributed by atoms with E-state index in [4.69, 9.17) is 35.3 Å². The lowest BCUT2D eigenvalue weighted by atomic mass is 9.66. The van der Waals surface area contributed by atoms with Crippen molar-refractivity contribution in [2.45, 2.75) is 76.4 Å². The maximum Gasteiger partial charge on any atom is 0.344 e. The molecule has 224 valence electrons. The van der Waals surface area contributed by atoms with Gasteiger partial charge in [0, 0.05) is 26.7 Å². The van der Waals surface area contributed by atoms with Gasteiger partial charge in [-0.05, 0) is 36.8 Å². The minimum Gasteiger partial charge on any atom is -0.457 e. The van der Waals surface area contributed by atoms with Gasteiger partial charge in [0.2, 0.25) is 0 Å². The summed E-state index contributed by atoms with van der Waals surface area (Å²) < 4.78 is 27.1. The van der Waals surface area contributed by atoms with E-state index < -0.39 is 106 Å². The largest absolute Gasteiger partial charge is 0.457 e. The fourth-order valence-corrected chi connectivity index (χ4v) is 7.41. The van der Waals surface area contributed by atoms with Gasteiger partial charge in [0.25, 0.3) is 0 Å². The van der Waals surface area contributed by atoms with Crippen LogP contribution in [0.25, 0.3) is 0 Å². The number of hydrogen-bond donors (Lipinski definition) is 1. The van der Waals surface area contributed by atoms with Crippen LogP contribution >= 0.6 is 11.6 Å². The number of ether oxygens (including phenoxy) is 5. The first-order valence-corrected chi connectivity index (χ1v) is 13.5. The molecule has 1 N–H and O–H groups in total. The molecule has 2 saturated carbocycles. The molecule has 41 heavy (non-hydrogen) atoms. The molecule has 3 fully saturated rings. The molecule has 11 atom stereocenters. The van der Waals surface area contributed by atoms with Crippen molar-refractivity contribution in [2.75, 3.05) is 6.61 Å². The first-order valence-electron chi connectivity index (χ1n) is 13.1. The molecule has 13 heteroatoms. The number of esters is 5. The summed E-state index contributed by atoms with van der Waals surface area (Å²) in [7, 11) is 0. The molecule has 4 aliphatic rings. The van der Waals surface area contributed by atoms with Crippen molar-refractivity contribution in [3.05, 3.63) is 24.3 Å². The number of hydrogen-bond acceptors (Lipinski definition) is 12. The average Bonchev–Trinajstić information content (AvgIpc) is 3.32. The summed E-state index contributed by atoms with van der Waals surface area (Å²) in [5.74, 6) is -8.60. The van der Waals surface area contributed by atoms with E-state index in [9.17, 15) is 33.9 Å². The molecule has 0 amide bonds. The molecule has 0 aromatic rings. The lowest BCUT2D eigenvalue weighted by molar-refractivity contribution is -0.217. The van der Waals surface area contributed by atoms with Crippen LogP contribution in [0.15, 0.2) is 24.3 Å². The second kappa shape index (κ2) is 10.2. The van der Waals surface area contributed by atoms with E-state index in [0.29, 0.717) is 0 Å². The van der Waals surface area contributed by atoms with Crippen LogP contribution in [0.1, 0.15) is 41.5 Å². The molecule has 0 unspecified atom stereocenters. The van der Waals surface area contributed by atoms with Crippen molar-refractivity contribution >= 4 is 47.2 Å². The van der Waals surface area contributed by atoms with E-state index in [2.05, 4.69) is 6.58 Å². The Morgan fingerprint density at radius 1 is 1.05 bits per heavy atom. The van der Waals surface area contributed by atoms with Gasteiger partial charge in [-0.1, -0.05) is 19.6 Å². The van der Waals surface area contributed by atoms with Gasteiger partial charge in [0.15, 0.2) is 29.7 Å². The first-order chi connectivity index (χ1) is 18.9. The van der Waals surface area contributed by atoms with Crippen LogP contribution in [0.3, 0.4) is 0 Å². The molecule has 1 heterocycles. The van der Waals surface area contributed by atoms with Crippen LogP contribution in [0, 0.1) is 29.1 Å². The zero-order valence-electron chi connectivity index (χ0n) is 23.5. The van der Waals surface area contributed by atoms with Gasteiger partial charge in [-0.2, -0.15) is 0 Å². The third-order valence-electron chi connectivity index (χ3n) is 8.96. The van der Waals surface area contributed by atoms with E-state index in [-0.39, 0.29) is 5.57 Å². The summed E-state index contributed by atoms with van der Waals surface area (Å²) in [5, 5.41) is 11.1. The van der Waals surface area contributed by atoms with Gasteiger partial charge >= 0.3 is 29.8 Å². The summed E-state index contributed by atoms with van der Waals surface area (Å²) in [6, 6.07) is 0. The highest BCUT2D eigenvalue weighted by Gasteiger charge is 2.84. The maximum absolute atomic E-state index is 13.9. The highest BCUT2D eigenvalue weighted by atomic mass is 35.5. The Labute approximate surface area is 241 Å². The van der Waals surface area contributed by atoms with Crippen LogP contribution in [0.2, 0.25) is 0 Å². The molecule has 0 aromatic heterocycles. The molecule has 4 rings (SSSR count). The van der Waals surface area contributed by atoms with Gasteiger partial charge in [-0.25, -0.2) is 4.79 Å². The number of carbonyl (C=O) groups is 6. The molecule has 3 aliphatic carbocycles. The highest BCUT2D eigenvalue weighted by molar-refractivity contribution is 6.23. The van der Waals surface area contributed by atoms with Gasteiger partial charge in [-0.15, -0.1) is 11.6 Å². The van der Waals surface area contributed by atoms with Crippen molar-refractivity contribution in [3.8, 4) is 0 Å². The zero-order chi connectivity index (χ0) is 30.8. The number of fused-ring (bicyclic) bond motifs is 2. The number of rotatable bonds is 5. The van der Waals surface area contributed by atoms with Crippen molar-refractivity contribution in [1.29, 1.82) is 0 Å². The number of alkyl halides is 1. The number of halogens is 1. The van der Waals surface area contributed by atoms with E-state index in [1.54, 1.807) is 13.0 Å². The summed E-state index contributed by atoms with van der Waals surface area (Å²) in [6.07, 6.45) is -1.31. The topological polar surface area (TPSA) is 169 Å². The molecule has 1 aliphatic heterocycles. The summed E-state index contributed by atoms with van der Waals surface area (Å²) in [4.78, 5) is 75.5. The van der Waals surface area contributed by atoms with E-state index in [1.165, 1.54) is 26.8 Å². The monoisotopic (exact) mass is 596 g/mol. The summed E-state index contributed by atoms with van der Waals surface area (Å²) in [5.41, 5.74) is -5.35. The third-order valence-corrected chi connectivity index (χ3v) is 9.47. The number of carbonyl (C=O) groups excluding carboxylic acids is 6. The van der Waals surface area contributed by atoms with E-state index in [0.717, 1.165) is 13.8 Å². The van der Waals surface area contributed by atoms with Crippen molar-refractivity contribution in [1.82, 2.24) is 0 Å². The Balaban J connectivity index is 1.96. The average molecular weight is 597 g/mol. The number of Topliss-reactive ketones (excluding diaryl/α,β-unsaturated/α-hetero) is 1. The predicted octanol–water partition coefficient (Wildman–Crippen LogP) is 1.19. The lowest BCUT2D eigenvalue weighted by Gasteiger charge is -2.47. The summed E-state index contributed by atoms with van der Waals surface area (Å²) >= 11 is 6.77. The molecule has 0 aromatic carbocycles. The van der Waals surface area contributed by atoms with Gasteiger partial charge in [0.05, 0.1) is 17.2 Å². The molecule has 12 nitrogen and oxygen atoms in total.